The Morgan fingerprint density at radius 3 is 1.44 bits per heavy atom. The van der Waals surface area contributed by atoms with Gasteiger partial charge in [0.1, 0.15) is 0 Å². The van der Waals surface area contributed by atoms with E-state index in [1.165, 1.54) is 0 Å². The zero-order chi connectivity index (χ0) is 4.50. The van der Waals surface area contributed by atoms with E-state index in [9.17, 15) is 0 Å². The maximum absolute atomic E-state index is 9.09. The molecule has 0 aliphatic heterocycles. The van der Waals surface area contributed by atoms with Crippen molar-refractivity contribution in [1.82, 2.24) is 0 Å². The van der Waals surface area contributed by atoms with E-state index in [1.807, 2.05) is 0 Å². The quantitative estimate of drug-likeness (QED) is 0.423. The Morgan fingerprint density at radius 2 is 1.44 bits per heavy atom. The predicted octanol–water partition coefficient (Wildman–Crippen LogP) is -0.305. The molecule has 0 heterocycles. The average molecular weight is 414 g/mol. The van der Waals surface area contributed by atoms with Gasteiger partial charge in [-0.15, -0.1) is 0 Å². The van der Waals surface area contributed by atoms with Gasteiger partial charge in [0.15, 0.2) is 0 Å². The number of halogens is 1. The molecule has 3 nitrogen and oxygen atoms in total. The first kappa shape index (κ1) is 29.3. The molecule has 0 saturated heterocycles. The Hall–Kier alpha value is 5.52. The Kier molecular flexibility index (Phi) is 52.0. The molecule has 48 valence electrons. The maximum atomic E-state index is 9.09. The molecule has 0 aromatic heterocycles. The molecule has 0 unspecified atom stereocenters. The third-order valence-electron chi connectivity index (χ3n) is 0. The van der Waals surface area contributed by atoms with Crippen LogP contribution < -0.4 is 0 Å². The molecule has 9 heteroatoms. The largest absolute Gasteiger partial charge is 2.00 e. The van der Waals surface area contributed by atoms with Crippen molar-refractivity contribution in [3.63, 3.8) is 0 Å². The zero-order valence-corrected chi connectivity index (χ0v) is 18.1. The molecule has 0 fully saturated rings. The van der Waals surface area contributed by atoms with Gasteiger partial charge < -0.3 is 21.2 Å². The molecule has 9 heavy (non-hydrogen) atoms. The molecule has 0 aromatic carbocycles. The summed E-state index contributed by atoms with van der Waals surface area (Å²) in [5.74, 6) is 0. The molecule has 0 rings (SSSR count). The Morgan fingerprint density at radius 1 is 1.44 bits per heavy atom. The van der Waals surface area contributed by atoms with E-state index in [4.69, 9.17) is 14.4 Å². The maximum Gasteiger partial charge on any atom is 2.00 e. The van der Waals surface area contributed by atoms with Crippen molar-refractivity contribution < 1.29 is 25.8 Å². The van der Waals surface area contributed by atoms with Crippen LogP contribution in [-0.4, -0.2) is 165 Å². The summed E-state index contributed by atoms with van der Waals surface area (Å²) >= 11 is 4.20. The third-order valence-corrected chi connectivity index (χ3v) is 0. The summed E-state index contributed by atoms with van der Waals surface area (Å²) in [5, 5.41) is 0. The van der Waals surface area contributed by atoms with E-state index in [0.29, 0.717) is 0 Å². The van der Waals surface area contributed by atoms with Gasteiger partial charge in [0.25, 0.3) is 0 Å². The fourth-order valence-corrected chi connectivity index (χ4v) is 0. The summed E-state index contributed by atoms with van der Waals surface area (Å²) in [4.78, 5) is 14.8. The van der Waals surface area contributed by atoms with Gasteiger partial charge >= 0.3 is 162 Å². The molecule has 0 spiro atoms. The summed E-state index contributed by atoms with van der Waals surface area (Å²) in [6.45, 7) is -4.17. The Bertz CT molecular complexity index is 86.9. The monoisotopic (exact) mass is 414 g/mol. The van der Waals surface area contributed by atoms with Crippen LogP contribution in [0.3, 0.4) is 0 Å². The van der Waals surface area contributed by atoms with E-state index in [2.05, 4.69) is 11.2 Å². The van der Waals surface area contributed by atoms with Crippen LogP contribution in [-0.2, 0) is 4.57 Å². The second-order valence-electron chi connectivity index (χ2n) is 0.473. The summed E-state index contributed by atoms with van der Waals surface area (Å²) in [6.07, 6.45) is 0. The zero-order valence-electron chi connectivity index (χ0n) is 13.0. The van der Waals surface area contributed by atoms with E-state index in [0.717, 1.165) is 0 Å². The van der Waals surface area contributed by atoms with E-state index in [1.54, 1.807) is 0 Å². The van der Waals surface area contributed by atoms with Crippen LogP contribution in [0.5, 0.6) is 0 Å². The molecule has 0 aromatic rings. The first-order chi connectivity index (χ1) is 2.00. The van der Waals surface area contributed by atoms with Crippen LogP contribution in [0.25, 0.3) is 0 Å². The molecule has 0 atom stereocenters. The van der Waals surface area contributed by atoms with Crippen molar-refractivity contribution in [2.45, 2.75) is 0 Å². The van der Waals surface area contributed by atoms with Crippen LogP contribution in [0.15, 0.2) is 0 Å². The first-order valence-electron chi connectivity index (χ1n) is 0.752. The van der Waals surface area contributed by atoms with Gasteiger partial charge in [-0.05, 0) is 0 Å². The van der Waals surface area contributed by atoms with Crippen LogP contribution in [0.4, 0.5) is 0 Å². The van der Waals surface area contributed by atoms with Gasteiger partial charge in [-0.3, -0.25) is 0 Å². The van der Waals surface area contributed by atoms with Crippen molar-refractivity contribution in [2.75, 3.05) is 0 Å². The normalized spacial score (nSPS) is 6.56. The van der Waals surface area contributed by atoms with Crippen molar-refractivity contribution >= 4 is 173 Å². The molecule has 0 bridgehead atoms. The van der Waals surface area contributed by atoms with Gasteiger partial charge in [0, 0.05) is 11.2 Å². The fraction of sp³-hybridized carbons (Fsp3) is 0. The van der Waals surface area contributed by atoms with Crippen LogP contribution in [0, 0.1) is 0 Å². The van der Waals surface area contributed by atoms with Gasteiger partial charge in [0.05, 0.1) is 0 Å². The fourth-order valence-electron chi connectivity index (χ4n) is 0. The van der Waals surface area contributed by atoms with Crippen LogP contribution in [0.1, 0.15) is 11.4 Å². The molecular formula is H10BaCaClMgO3PSr. The minimum absolute atomic E-state index is 0. The van der Waals surface area contributed by atoms with Gasteiger partial charge in [-0.2, -0.15) is 0 Å². The van der Waals surface area contributed by atoms with Gasteiger partial charge in [-0.1, -0.05) is 0 Å². The second kappa shape index (κ2) is 16.0. The minimum Gasteiger partial charge on any atom is -1.00 e. The molecule has 0 radical (unpaired) electrons. The minimum atomic E-state index is -4.17. The number of rotatable bonds is 0. The van der Waals surface area contributed by atoms with Gasteiger partial charge in [0.2, 0.25) is 0 Å². The van der Waals surface area contributed by atoms with E-state index >= 15 is 0 Å². The Labute approximate surface area is 194 Å². The topological polar surface area (TPSA) is 57.5 Å². The Balaban J connectivity index is -0.00000000121. The third kappa shape index (κ3) is 58.9. The molecular weight excluding hydrogens is 404 g/mol. The van der Waals surface area contributed by atoms with Crippen molar-refractivity contribution in [2.24, 2.45) is 0 Å². The van der Waals surface area contributed by atoms with Crippen molar-refractivity contribution in [3.05, 3.63) is 0 Å². The summed E-state index contributed by atoms with van der Waals surface area (Å²) < 4.78 is 9.09. The molecule has 0 saturated carbocycles. The number of hydrogen-bond donors (Lipinski definition) is 2. The van der Waals surface area contributed by atoms with E-state index in [-0.39, 0.29) is 167 Å². The molecule has 0 aliphatic carbocycles. The summed E-state index contributed by atoms with van der Waals surface area (Å²) in [6, 6.07) is 0. The van der Waals surface area contributed by atoms with Crippen LogP contribution in [0.2, 0.25) is 0 Å². The van der Waals surface area contributed by atoms with Crippen LogP contribution >= 0.6 is 18.2 Å². The second-order valence-corrected chi connectivity index (χ2v) is 2.74. The standard InChI is InChI=1S/Ba.Ca.ClH2O3P.Mg.Sr.8H/c;;1-5(2,3)4;;;;;;;;;;/h;;(H2,2,3,4);;;;;;;;;;/q2*+2;;2*+2;8*-1. The molecule has 0 amide bonds. The van der Waals surface area contributed by atoms with Crippen molar-refractivity contribution in [1.29, 1.82) is 0 Å². The molecule has 2 N–H and O–H groups in total. The first-order valence-corrected chi connectivity index (χ1v) is 3.27. The van der Waals surface area contributed by atoms with Gasteiger partial charge in [-0.25, -0.2) is 4.57 Å². The van der Waals surface area contributed by atoms with E-state index < -0.39 is 6.95 Å². The summed E-state index contributed by atoms with van der Waals surface area (Å²) in [7, 11) is 0. The average Bonchev–Trinajstić information content (AvgIpc) is 0.722. The SMILES string of the molecule is O=P(O)(O)Cl.[Ba+2].[Ca+2].[H-].[H-].[H-].[H-].[H-].[H-].[H-].[H-].[Mg+2].[Sr+2]. The summed E-state index contributed by atoms with van der Waals surface area (Å²) in [5.41, 5.74) is 0. The number of hydrogen-bond acceptors (Lipinski definition) is 1. The smallest absolute Gasteiger partial charge is 1.00 e. The van der Waals surface area contributed by atoms with Crippen molar-refractivity contribution in [3.8, 4) is 0 Å². The predicted molar refractivity (Wildman–Crippen MR) is 49.8 cm³/mol. The molecule has 0 aliphatic rings.